The average molecular weight is 259 g/mol. The maximum Gasteiger partial charge on any atom is 0.338 e. The number of unbranched alkanes of at least 4 members (excludes halogenated alkanes) is 3. The maximum absolute atomic E-state index is 11.9. The van der Waals surface area contributed by atoms with Gasteiger partial charge in [-0.1, -0.05) is 32.3 Å². The van der Waals surface area contributed by atoms with Gasteiger partial charge in [0.2, 0.25) is 0 Å². The number of hydrogen-bond acceptors (Lipinski definition) is 3. The second-order valence-electron chi connectivity index (χ2n) is 4.76. The molecule has 0 aromatic heterocycles. The third-order valence-electron chi connectivity index (χ3n) is 3.00. The van der Waals surface area contributed by atoms with Crippen molar-refractivity contribution in [3.8, 4) is 6.07 Å². The van der Waals surface area contributed by atoms with Crippen LogP contribution in [0.2, 0.25) is 0 Å². The first-order chi connectivity index (χ1) is 9.17. The minimum Gasteiger partial charge on any atom is -0.459 e. The fourth-order valence-electron chi connectivity index (χ4n) is 1.88. The lowest BCUT2D eigenvalue weighted by atomic mass is 10.1. The normalized spacial score (nSPS) is 11.6. The fourth-order valence-corrected chi connectivity index (χ4v) is 1.88. The van der Waals surface area contributed by atoms with Crippen molar-refractivity contribution in [2.45, 2.75) is 52.1 Å². The lowest BCUT2D eigenvalue weighted by Crippen LogP contribution is -2.15. The zero-order chi connectivity index (χ0) is 14.1. The van der Waals surface area contributed by atoms with Crippen LogP contribution in [0.5, 0.6) is 0 Å². The molecule has 1 aromatic carbocycles. The van der Waals surface area contributed by atoms with Crippen molar-refractivity contribution < 1.29 is 9.53 Å². The minimum absolute atomic E-state index is 0.0740. The molecule has 3 nitrogen and oxygen atoms in total. The zero-order valence-corrected chi connectivity index (χ0v) is 11.7. The molecule has 1 aromatic rings. The Morgan fingerprint density at radius 2 is 2.16 bits per heavy atom. The molecule has 0 fully saturated rings. The molecule has 0 aliphatic rings. The summed E-state index contributed by atoms with van der Waals surface area (Å²) in [7, 11) is 0. The summed E-state index contributed by atoms with van der Waals surface area (Å²) in [5, 5.41) is 8.79. The molecule has 0 unspecified atom stereocenters. The van der Waals surface area contributed by atoms with Crippen LogP contribution in [0.1, 0.15) is 61.9 Å². The molecule has 1 atom stereocenters. The number of carbonyl (C=O) groups is 1. The van der Waals surface area contributed by atoms with Crippen molar-refractivity contribution in [1.29, 1.82) is 5.26 Å². The molecule has 3 heteroatoms. The number of esters is 1. The molecule has 19 heavy (non-hydrogen) atoms. The van der Waals surface area contributed by atoms with Crippen LogP contribution in [0, 0.1) is 11.3 Å². The summed E-state index contributed by atoms with van der Waals surface area (Å²) in [4.78, 5) is 11.9. The topological polar surface area (TPSA) is 50.1 Å². The largest absolute Gasteiger partial charge is 0.459 e. The Morgan fingerprint density at radius 1 is 1.37 bits per heavy atom. The summed E-state index contributed by atoms with van der Waals surface area (Å²) in [5.41, 5.74) is 0.921. The second-order valence-corrected chi connectivity index (χ2v) is 4.76. The fraction of sp³-hybridized carbons (Fsp3) is 0.500. The van der Waals surface area contributed by atoms with Crippen molar-refractivity contribution >= 4 is 5.97 Å². The number of ether oxygens (including phenoxy) is 1. The summed E-state index contributed by atoms with van der Waals surface area (Å²) in [6, 6.07) is 8.62. The third-order valence-corrected chi connectivity index (χ3v) is 3.00. The van der Waals surface area contributed by atoms with Crippen LogP contribution in [0.25, 0.3) is 0 Å². The van der Waals surface area contributed by atoms with E-state index in [9.17, 15) is 4.79 Å². The van der Waals surface area contributed by atoms with Gasteiger partial charge in [-0.3, -0.25) is 0 Å². The Kier molecular flexibility index (Phi) is 6.67. The van der Waals surface area contributed by atoms with Crippen LogP contribution in [-0.4, -0.2) is 12.1 Å². The number of hydrogen-bond donors (Lipinski definition) is 0. The van der Waals surface area contributed by atoms with Crippen LogP contribution in [0.15, 0.2) is 24.3 Å². The van der Waals surface area contributed by atoms with Crippen LogP contribution in [-0.2, 0) is 4.74 Å². The highest BCUT2D eigenvalue weighted by molar-refractivity contribution is 5.89. The highest BCUT2D eigenvalue weighted by Gasteiger charge is 2.12. The van der Waals surface area contributed by atoms with Crippen LogP contribution < -0.4 is 0 Å². The highest BCUT2D eigenvalue weighted by atomic mass is 16.5. The average Bonchev–Trinajstić information content (AvgIpc) is 2.43. The molecular formula is C16H21NO2. The monoisotopic (exact) mass is 259 g/mol. The number of benzene rings is 1. The van der Waals surface area contributed by atoms with E-state index >= 15 is 0 Å². The van der Waals surface area contributed by atoms with Gasteiger partial charge in [-0.15, -0.1) is 0 Å². The lowest BCUT2D eigenvalue weighted by molar-refractivity contribution is 0.0319. The smallest absolute Gasteiger partial charge is 0.338 e. The molecular weight excluding hydrogens is 238 g/mol. The number of carbonyl (C=O) groups excluding carboxylic acids is 1. The van der Waals surface area contributed by atoms with Gasteiger partial charge in [0.25, 0.3) is 0 Å². The summed E-state index contributed by atoms with van der Waals surface area (Å²) in [6.07, 6.45) is 5.52. The van der Waals surface area contributed by atoms with E-state index in [1.165, 1.54) is 19.3 Å². The van der Waals surface area contributed by atoms with Crippen LogP contribution >= 0.6 is 0 Å². The highest BCUT2D eigenvalue weighted by Crippen LogP contribution is 2.11. The van der Waals surface area contributed by atoms with Gasteiger partial charge < -0.3 is 4.74 Å². The summed E-state index contributed by atoms with van der Waals surface area (Å²) >= 11 is 0. The van der Waals surface area contributed by atoms with Crippen molar-refractivity contribution in [3.63, 3.8) is 0 Å². The van der Waals surface area contributed by atoms with Crippen molar-refractivity contribution in [2.75, 3.05) is 0 Å². The minimum atomic E-state index is -0.347. The van der Waals surface area contributed by atoms with Crippen LogP contribution in [0.4, 0.5) is 0 Å². The van der Waals surface area contributed by atoms with Crippen molar-refractivity contribution in [1.82, 2.24) is 0 Å². The molecule has 1 rings (SSSR count). The molecule has 0 saturated carbocycles. The maximum atomic E-state index is 11.9. The van der Waals surface area contributed by atoms with E-state index in [4.69, 9.17) is 10.00 Å². The quantitative estimate of drug-likeness (QED) is 0.547. The first-order valence-corrected chi connectivity index (χ1v) is 6.88. The molecule has 0 spiro atoms. The van der Waals surface area contributed by atoms with Gasteiger partial charge in [0.05, 0.1) is 23.3 Å². The van der Waals surface area contributed by atoms with Gasteiger partial charge in [0.1, 0.15) is 0 Å². The standard InChI is InChI=1S/C16H21NO2/c1-3-4-5-6-8-13(2)19-16(18)15-10-7-9-14(11-15)12-17/h7,9-11,13H,3-6,8H2,1-2H3/t13-/m0/s1. The van der Waals surface area contributed by atoms with E-state index in [1.54, 1.807) is 24.3 Å². The number of rotatable bonds is 7. The molecule has 0 amide bonds. The van der Waals surface area contributed by atoms with E-state index < -0.39 is 0 Å². The third kappa shape index (κ3) is 5.56. The zero-order valence-electron chi connectivity index (χ0n) is 11.7. The summed E-state index contributed by atoms with van der Waals surface area (Å²) in [5.74, 6) is -0.347. The SMILES string of the molecule is CCCCCC[C@H](C)OC(=O)c1cccc(C#N)c1. The van der Waals surface area contributed by atoms with Gasteiger partial charge in [0.15, 0.2) is 0 Å². The molecule has 0 aliphatic heterocycles. The van der Waals surface area contributed by atoms with Gasteiger partial charge in [-0.05, 0) is 38.0 Å². The van der Waals surface area contributed by atoms with E-state index in [2.05, 4.69) is 6.92 Å². The molecule has 0 bridgehead atoms. The summed E-state index contributed by atoms with van der Waals surface area (Å²) in [6.45, 7) is 4.09. The molecule has 0 saturated heterocycles. The van der Waals surface area contributed by atoms with Gasteiger partial charge in [0, 0.05) is 0 Å². The van der Waals surface area contributed by atoms with Crippen molar-refractivity contribution in [2.24, 2.45) is 0 Å². The Balaban J connectivity index is 2.43. The predicted octanol–water partition coefficient (Wildman–Crippen LogP) is 4.07. The molecule has 102 valence electrons. The van der Waals surface area contributed by atoms with E-state index in [-0.39, 0.29) is 12.1 Å². The Hall–Kier alpha value is -1.82. The number of nitrogens with zero attached hydrogens (tertiary/aromatic N) is 1. The Labute approximate surface area is 115 Å². The molecule has 0 N–H and O–H groups in total. The van der Waals surface area contributed by atoms with Crippen LogP contribution in [0.3, 0.4) is 0 Å². The first kappa shape index (κ1) is 15.2. The van der Waals surface area contributed by atoms with Gasteiger partial charge >= 0.3 is 5.97 Å². The summed E-state index contributed by atoms with van der Waals surface area (Å²) < 4.78 is 5.37. The van der Waals surface area contributed by atoms with Crippen molar-refractivity contribution in [3.05, 3.63) is 35.4 Å². The van der Waals surface area contributed by atoms with Gasteiger partial charge in [-0.25, -0.2) is 4.79 Å². The number of nitriles is 1. The second kappa shape index (κ2) is 8.31. The van der Waals surface area contributed by atoms with E-state index in [1.807, 2.05) is 13.0 Å². The molecule has 0 radical (unpaired) electrons. The first-order valence-electron chi connectivity index (χ1n) is 6.88. The Bertz CT molecular complexity index is 448. The van der Waals surface area contributed by atoms with E-state index in [0.29, 0.717) is 11.1 Å². The Morgan fingerprint density at radius 3 is 2.84 bits per heavy atom. The molecule has 0 aliphatic carbocycles. The lowest BCUT2D eigenvalue weighted by Gasteiger charge is -2.13. The van der Waals surface area contributed by atoms with Gasteiger partial charge in [-0.2, -0.15) is 5.26 Å². The van der Waals surface area contributed by atoms with E-state index in [0.717, 1.165) is 12.8 Å². The molecule has 0 heterocycles. The predicted molar refractivity (Wildman–Crippen MR) is 74.8 cm³/mol.